The summed E-state index contributed by atoms with van der Waals surface area (Å²) < 4.78 is 37.8. The van der Waals surface area contributed by atoms with Gasteiger partial charge in [-0.2, -0.15) is 0 Å². The molecule has 1 unspecified atom stereocenters. The molecule has 1 aliphatic heterocycles. The number of benzene rings is 1. The average Bonchev–Trinajstić information content (AvgIpc) is 2.30. The zero-order valence-electron chi connectivity index (χ0n) is 9.84. The van der Waals surface area contributed by atoms with Crippen molar-refractivity contribution in [2.75, 3.05) is 13.2 Å². The smallest absolute Gasteiger partial charge is 0.162 e. The van der Waals surface area contributed by atoms with E-state index in [4.69, 9.17) is 9.47 Å². The summed E-state index contributed by atoms with van der Waals surface area (Å²) in [5.41, 5.74) is 0.109. The van der Waals surface area contributed by atoms with E-state index in [2.05, 4.69) is 0 Å². The minimum Gasteiger partial charge on any atom is -0.488 e. The van der Waals surface area contributed by atoms with Gasteiger partial charge in [0.25, 0.3) is 0 Å². The molecule has 0 spiro atoms. The molecule has 0 aromatic heterocycles. The summed E-state index contributed by atoms with van der Waals surface area (Å²) >= 11 is 0. The number of rotatable bonds is 3. The molecule has 0 bridgehead atoms. The second-order valence-electron chi connectivity index (χ2n) is 4.18. The van der Waals surface area contributed by atoms with Crippen molar-refractivity contribution in [3.05, 3.63) is 23.8 Å². The Labute approximate surface area is 100 Å². The van der Waals surface area contributed by atoms with E-state index >= 15 is 0 Å². The first kappa shape index (κ1) is 12.4. The van der Waals surface area contributed by atoms with Crippen molar-refractivity contribution >= 4 is 12.7 Å². The van der Waals surface area contributed by atoms with Gasteiger partial charge in [-0.1, -0.05) is 6.82 Å². The van der Waals surface area contributed by atoms with Gasteiger partial charge < -0.3 is 9.47 Å². The zero-order valence-corrected chi connectivity index (χ0v) is 9.84. The molecule has 1 aromatic rings. The molecule has 1 atom stereocenters. The average molecular weight is 240 g/mol. The number of ether oxygens (including phenoxy) is 2. The Kier molecular flexibility index (Phi) is 4.00. The van der Waals surface area contributed by atoms with Gasteiger partial charge in [0.05, 0.1) is 6.61 Å². The Morgan fingerprint density at radius 3 is 2.59 bits per heavy atom. The Hall–Kier alpha value is -1.10. The maximum absolute atomic E-state index is 13.5. The maximum atomic E-state index is 13.5. The predicted molar refractivity (Wildman–Crippen MR) is 63.5 cm³/mol. The van der Waals surface area contributed by atoms with Crippen LogP contribution in [0.5, 0.6) is 5.75 Å². The second-order valence-corrected chi connectivity index (χ2v) is 4.18. The Bertz CT molecular complexity index is 369. The highest BCUT2D eigenvalue weighted by molar-refractivity contribution is 6.52. The fourth-order valence-corrected chi connectivity index (χ4v) is 1.98. The minimum absolute atomic E-state index is 0.102. The third-order valence-electron chi connectivity index (χ3n) is 2.89. The highest BCUT2D eigenvalue weighted by Gasteiger charge is 2.17. The van der Waals surface area contributed by atoms with Crippen molar-refractivity contribution in [1.29, 1.82) is 0 Å². The highest BCUT2D eigenvalue weighted by atomic mass is 19.1. The van der Waals surface area contributed by atoms with Gasteiger partial charge in [0.2, 0.25) is 0 Å². The molecule has 0 radical (unpaired) electrons. The largest absolute Gasteiger partial charge is 0.488 e. The van der Waals surface area contributed by atoms with E-state index in [1.807, 2.05) is 0 Å². The Morgan fingerprint density at radius 1 is 1.35 bits per heavy atom. The quantitative estimate of drug-likeness (QED) is 0.747. The van der Waals surface area contributed by atoms with Gasteiger partial charge in [-0.3, -0.25) is 0 Å². The van der Waals surface area contributed by atoms with E-state index in [1.165, 1.54) is 12.1 Å². The molecule has 1 heterocycles. The third-order valence-corrected chi connectivity index (χ3v) is 2.89. The molecule has 1 saturated heterocycles. The molecule has 0 amide bonds. The summed E-state index contributed by atoms with van der Waals surface area (Å²) in [7, 11) is 0.338. The van der Waals surface area contributed by atoms with Crippen LogP contribution in [0.3, 0.4) is 0 Å². The van der Waals surface area contributed by atoms with Crippen LogP contribution in [0.2, 0.25) is 6.82 Å². The summed E-state index contributed by atoms with van der Waals surface area (Å²) in [6.07, 6.45) is 1.68. The van der Waals surface area contributed by atoms with Crippen molar-refractivity contribution < 1.29 is 18.3 Å². The van der Waals surface area contributed by atoms with Gasteiger partial charge in [0.15, 0.2) is 7.28 Å². The lowest BCUT2D eigenvalue weighted by Gasteiger charge is -2.23. The molecular weight excluding hydrogens is 225 g/mol. The lowest BCUT2D eigenvalue weighted by molar-refractivity contribution is 0.00721. The molecule has 5 heteroatoms. The molecule has 92 valence electrons. The van der Waals surface area contributed by atoms with Gasteiger partial charge in [-0.25, -0.2) is 8.78 Å². The van der Waals surface area contributed by atoms with Crippen molar-refractivity contribution in [2.24, 2.45) is 0 Å². The number of hydrogen-bond acceptors (Lipinski definition) is 2. The third kappa shape index (κ3) is 2.97. The summed E-state index contributed by atoms with van der Waals surface area (Å²) in [4.78, 5) is 0. The molecule has 2 nitrogen and oxygen atoms in total. The van der Waals surface area contributed by atoms with Crippen LogP contribution in [-0.4, -0.2) is 26.6 Å². The summed E-state index contributed by atoms with van der Waals surface area (Å²) in [5.74, 6) is -0.842. The molecule has 0 aliphatic carbocycles. The molecule has 0 N–H and O–H groups in total. The maximum Gasteiger partial charge on any atom is 0.162 e. The first-order valence-electron chi connectivity index (χ1n) is 5.93. The highest BCUT2D eigenvalue weighted by Crippen LogP contribution is 2.19. The van der Waals surface area contributed by atoms with Crippen LogP contribution in [-0.2, 0) is 4.74 Å². The zero-order chi connectivity index (χ0) is 12.3. The SMILES string of the molecule is CBc1c(F)cc(OC2CCCOC2)cc1F. The van der Waals surface area contributed by atoms with Crippen LogP contribution in [0.25, 0.3) is 0 Å². The molecule has 1 aliphatic rings. The number of hydrogen-bond donors (Lipinski definition) is 0. The predicted octanol–water partition coefficient (Wildman–Crippen LogP) is 1.63. The molecule has 2 rings (SSSR count). The van der Waals surface area contributed by atoms with Gasteiger partial charge in [-0.05, 0) is 18.3 Å². The first-order chi connectivity index (χ1) is 8.20. The lowest BCUT2D eigenvalue weighted by atomic mass is 9.72. The van der Waals surface area contributed by atoms with E-state index in [0.29, 0.717) is 13.9 Å². The standard InChI is InChI=1S/C12H15BF2O2/c1-13-12-10(14)5-9(6-11(12)15)17-8-3-2-4-16-7-8/h5-6,8,13H,2-4,7H2,1H3. The first-order valence-corrected chi connectivity index (χ1v) is 5.93. The minimum atomic E-state index is -0.542. The van der Waals surface area contributed by atoms with E-state index in [0.717, 1.165) is 19.4 Å². The van der Waals surface area contributed by atoms with Crippen LogP contribution < -0.4 is 10.2 Å². The van der Waals surface area contributed by atoms with Crippen LogP contribution in [0.4, 0.5) is 8.78 Å². The van der Waals surface area contributed by atoms with Crippen molar-refractivity contribution in [3.63, 3.8) is 0 Å². The molecular formula is C12H15BF2O2. The van der Waals surface area contributed by atoms with Gasteiger partial charge in [0.1, 0.15) is 23.5 Å². The summed E-state index contributed by atoms with van der Waals surface area (Å²) in [6.45, 7) is 2.94. The number of halogens is 2. The fourth-order valence-electron chi connectivity index (χ4n) is 1.98. The molecule has 0 saturated carbocycles. The Balaban J connectivity index is 2.10. The summed E-state index contributed by atoms with van der Waals surface area (Å²) in [6, 6.07) is 2.49. The monoisotopic (exact) mass is 240 g/mol. The molecule has 1 aromatic carbocycles. The molecule has 1 fully saturated rings. The van der Waals surface area contributed by atoms with Gasteiger partial charge in [0, 0.05) is 18.7 Å². The van der Waals surface area contributed by atoms with E-state index in [9.17, 15) is 8.78 Å². The van der Waals surface area contributed by atoms with E-state index in [-0.39, 0.29) is 17.3 Å². The van der Waals surface area contributed by atoms with Gasteiger partial charge >= 0.3 is 0 Å². The fraction of sp³-hybridized carbons (Fsp3) is 0.500. The topological polar surface area (TPSA) is 18.5 Å². The lowest BCUT2D eigenvalue weighted by Crippen LogP contribution is -2.28. The normalized spacial score (nSPS) is 20.1. The van der Waals surface area contributed by atoms with Crippen LogP contribution in [0, 0.1) is 11.6 Å². The van der Waals surface area contributed by atoms with Crippen LogP contribution in [0.1, 0.15) is 12.8 Å². The molecule has 17 heavy (non-hydrogen) atoms. The summed E-state index contributed by atoms with van der Waals surface area (Å²) in [5, 5.41) is 0. The van der Waals surface area contributed by atoms with E-state index < -0.39 is 11.6 Å². The van der Waals surface area contributed by atoms with Crippen LogP contribution in [0.15, 0.2) is 12.1 Å². The van der Waals surface area contributed by atoms with Gasteiger partial charge in [-0.15, -0.1) is 0 Å². The Morgan fingerprint density at radius 2 is 2.06 bits per heavy atom. The van der Waals surface area contributed by atoms with Crippen molar-refractivity contribution in [1.82, 2.24) is 0 Å². The van der Waals surface area contributed by atoms with Crippen LogP contribution >= 0.6 is 0 Å². The van der Waals surface area contributed by atoms with E-state index in [1.54, 1.807) is 6.82 Å². The second kappa shape index (κ2) is 5.49. The van der Waals surface area contributed by atoms with Crippen molar-refractivity contribution in [2.45, 2.75) is 25.8 Å². The van der Waals surface area contributed by atoms with Crippen molar-refractivity contribution in [3.8, 4) is 5.75 Å².